The van der Waals surface area contributed by atoms with Gasteiger partial charge in [0.25, 0.3) is 0 Å². The van der Waals surface area contributed by atoms with Crippen LogP contribution in [0, 0.1) is 6.92 Å². The van der Waals surface area contributed by atoms with E-state index in [0.717, 1.165) is 16.9 Å². The van der Waals surface area contributed by atoms with Crippen LogP contribution in [0.25, 0.3) is 0 Å². The van der Waals surface area contributed by atoms with Crippen molar-refractivity contribution in [2.45, 2.75) is 20.3 Å². The molecule has 0 aliphatic heterocycles. The van der Waals surface area contributed by atoms with E-state index in [-0.39, 0.29) is 11.7 Å². The Labute approximate surface area is 95.2 Å². The summed E-state index contributed by atoms with van der Waals surface area (Å²) in [5, 5.41) is 0. The quantitative estimate of drug-likeness (QED) is 0.722. The third-order valence-corrected chi connectivity index (χ3v) is 2.47. The van der Waals surface area contributed by atoms with E-state index in [4.69, 9.17) is 16.3 Å². The highest BCUT2D eigenvalue weighted by Crippen LogP contribution is 2.18. The molecule has 1 aromatic rings. The lowest BCUT2D eigenvalue weighted by atomic mass is 10.0. The lowest BCUT2D eigenvalue weighted by Crippen LogP contribution is -2.05. The Morgan fingerprint density at radius 3 is 2.80 bits per heavy atom. The largest absolute Gasteiger partial charge is 0.494 e. The number of ketones is 1. The van der Waals surface area contributed by atoms with Crippen molar-refractivity contribution in [3.63, 3.8) is 0 Å². The molecule has 0 amide bonds. The van der Waals surface area contributed by atoms with Crippen molar-refractivity contribution in [3.05, 3.63) is 29.3 Å². The summed E-state index contributed by atoms with van der Waals surface area (Å²) in [4.78, 5) is 11.2. The lowest BCUT2D eigenvalue weighted by Gasteiger charge is -2.08. The van der Waals surface area contributed by atoms with Crippen molar-refractivity contribution in [2.24, 2.45) is 0 Å². The second-order valence-corrected chi connectivity index (χ2v) is 3.64. The van der Waals surface area contributed by atoms with Gasteiger partial charge in [0, 0.05) is 6.42 Å². The maximum Gasteiger partial charge on any atom is 0.151 e. The molecule has 0 N–H and O–H groups in total. The van der Waals surface area contributed by atoms with Crippen LogP contribution in [0.15, 0.2) is 18.2 Å². The molecule has 0 radical (unpaired) electrons. The molecule has 1 rings (SSSR count). The van der Waals surface area contributed by atoms with Gasteiger partial charge >= 0.3 is 0 Å². The van der Waals surface area contributed by atoms with Crippen molar-refractivity contribution in [3.8, 4) is 5.75 Å². The molecule has 0 aliphatic rings. The molecular formula is C12H15ClO2. The Hall–Kier alpha value is -1.02. The first kappa shape index (κ1) is 12.1. The van der Waals surface area contributed by atoms with Crippen LogP contribution in [0.4, 0.5) is 0 Å². The van der Waals surface area contributed by atoms with Crippen molar-refractivity contribution in [1.82, 2.24) is 0 Å². The van der Waals surface area contributed by atoms with E-state index < -0.39 is 0 Å². The zero-order chi connectivity index (χ0) is 11.3. The number of alkyl halides is 1. The van der Waals surface area contributed by atoms with Gasteiger partial charge in [0.05, 0.1) is 12.5 Å². The van der Waals surface area contributed by atoms with Gasteiger partial charge in [-0.25, -0.2) is 0 Å². The van der Waals surface area contributed by atoms with Crippen molar-refractivity contribution < 1.29 is 9.53 Å². The number of benzene rings is 1. The highest BCUT2D eigenvalue weighted by atomic mass is 35.5. The fourth-order valence-corrected chi connectivity index (χ4v) is 1.45. The smallest absolute Gasteiger partial charge is 0.151 e. The zero-order valence-corrected chi connectivity index (χ0v) is 9.80. The lowest BCUT2D eigenvalue weighted by molar-refractivity contribution is -0.116. The molecule has 0 bridgehead atoms. The van der Waals surface area contributed by atoms with Crippen LogP contribution in [0.2, 0.25) is 0 Å². The molecule has 0 heterocycles. The average molecular weight is 227 g/mol. The minimum Gasteiger partial charge on any atom is -0.494 e. The third kappa shape index (κ3) is 3.56. The fraction of sp³-hybridized carbons (Fsp3) is 0.417. The van der Waals surface area contributed by atoms with Gasteiger partial charge in [-0.05, 0) is 37.1 Å². The molecule has 82 valence electrons. The summed E-state index contributed by atoms with van der Waals surface area (Å²) < 4.78 is 5.37. The molecule has 15 heavy (non-hydrogen) atoms. The summed E-state index contributed by atoms with van der Waals surface area (Å²) in [6.45, 7) is 4.54. The SMILES string of the molecule is CCOc1ccc(C)c(CC(=O)CCl)c1. The van der Waals surface area contributed by atoms with Crippen LogP contribution in [0.3, 0.4) is 0 Å². The minimum absolute atomic E-state index is 0.0356. The second kappa shape index (κ2) is 5.76. The summed E-state index contributed by atoms with van der Waals surface area (Å²) in [5.74, 6) is 0.909. The Morgan fingerprint density at radius 2 is 2.20 bits per heavy atom. The van der Waals surface area contributed by atoms with E-state index in [9.17, 15) is 4.79 Å². The highest BCUT2D eigenvalue weighted by molar-refractivity contribution is 6.27. The number of hydrogen-bond donors (Lipinski definition) is 0. The summed E-state index contributed by atoms with van der Waals surface area (Å²) in [7, 11) is 0. The Balaban J connectivity index is 2.85. The van der Waals surface area contributed by atoms with Crippen LogP contribution >= 0.6 is 11.6 Å². The minimum atomic E-state index is 0.0356. The first-order chi connectivity index (χ1) is 7.17. The van der Waals surface area contributed by atoms with Gasteiger partial charge < -0.3 is 4.74 Å². The molecule has 0 atom stereocenters. The number of carbonyl (C=O) groups excluding carboxylic acids is 1. The molecule has 1 aromatic carbocycles. The normalized spacial score (nSPS) is 10.1. The zero-order valence-electron chi connectivity index (χ0n) is 9.05. The summed E-state index contributed by atoms with van der Waals surface area (Å²) >= 11 is 5.47. The van der Waals surface area contributed by atoms with Gasteiger partial charge in [-0.1, -0.05) is 6.07 Å². The van der Waals surface area contributed by atoms with Crippen molar-refractivity contribution >= 4 is 17.4 Å². The van der Waals surface area contributed by atoms with Crippen molar-refractivity contribution in [1.29, 1.82) is 0 Å². The Morgan fingerprint density at radius 1 is 1.47 bits per heavy atom. The molecule has 0 fully saturated rings. The van der Waals surface area contributed by atoms with Crippen LogP contribution in [0.5, 0.6) is 5.75 Å². The van der Waals surface area contributed by atoms with Crippen LogP contribution in [-0.4, -0.2) is 18.3 Å². The van der Waals surface area contributed by atoms with E-state index in [0.29, 0.717) is 13.0 Å². The number of halogens is 1. The number of aryl methyl sites for hydroxylation is 1. The van der Waals surface area contributed by atoms with Gasteiger partial charge in [-0.15, -0.1) is 11.6 Å². The van der Waals surface area contributed by atoms with E-state index in [1.807, 2.05) is 32.0 Å². The second-order valence-electron chi connectivity index (χ2n) is 3.37. The molecule has 0 aromatic heterocycles. The van der Waals surface area contributed by atoms with Crippen LogP contribution in [-0.2, 0) is 11.2 Å². The van der Waals surface area contributed by atoms with E-state index in [1.54, 1.807) is 0 Å². The monoisotopic (exact) mass is 226 g/mol. The highest BCUT2D eigenvalue weighted by Gasteiger charge is 2.06. The van der Waals surface area contributed by atoms with Crippen molar-refractivity contribution in [2.75, 3.05) is 12.5 Å². The van der Waals surface area contributed by atoms with Gasteiger partial charge in [-0.3, -0.25) is 4.79 Å². The summed E-state index contributed by atoms with van der Waals surface area (Å²) in [6, 6.07) is 5.78. The standard InChI is InChI=1S/C12H15ClO2/c1-3-15-12-5-4-9(2)10(7-12)6-11(14)8-13/h4-5,7H,3,6,8H2,1-2H3. The molecule has 0 saturated heterocycles. The molecule has 0 spiro atoms. The predicted molar refractivity (Wildman–Crippen MR) is 61.8 cm³/mol. The number of carbonyl (C=O) groups is 1. The first-order valence-electron chi connectivity index (χ1n) is 4.97. The summed E-state index contributed by atoms with van der Waals surface area (Å²) in [6.07, 6.45) is 0.385. The average Bonchev–Trinajstić information content (AvgIpc) is 2.23. The maximum absolute atomic E-state index is 11.2. The molecule has 3 heteroatoms. The van der Waals surface area contributed by atoms with Gasteiger partial charge in [0.2, 0.25) is 0 Å². The topological polar surface area (TPSA) is 26.3 Å². The Kier molecular flexibility index (Phi) is 4.63. The van der Waals surface area contributed by atoms with E-state index in [2.05, 4.69) is 0 Å². The van der Waals surface area contributed by atoms with Gasteiger partial charge in [0.1, 0.15) is 5.75 Å². The van der Waals surface area contributed by atoms with E-state index in [1.165, 1.54) is 0 Å². The molecule has 2 nitrogen and oxygen atoms in total. The molecule has 0 aliphatic carbocycles. The fourth-order valence-electron chi connectivity index (χ4n) is 1.35. The summed E-state index contributed by atoms with van der Waals surface area (Å²) in [5.41, 5.74) is 2.09. The number of hydrogen-bond acceptors (Lipinski definition) is 2. The maximum atomic E-state index is 11.2. The van der Waals surface area contributed by atoms with E-state index >= 15 is 0 Å². The predicted octanol–water partition coefficient (Wildman–Crippen LogP) is 2.74. The first-order valence-corrected chi connectivity index (χ1v) is 5.50. The molecular weight excluding hydrogens is 212 g/mol. The van der Waals surface area contributed by atoms with Crippen LogP contribution < -0.4 is 4.74 Å². The number of rotatable bonds is 5. The number of ether oxygens (including phenoxy) is 1. The van der Waals surface area contributed by atoms with Crippen LogP contribution in [0.1, 0.15) is 18.1 Å². The van der Waals surface area contributed by atoms with Gasteiger partial charge in [-0.2, -0.15) is 0 Å². The Bertz CT molecular complexity index is 347. The molecule has 0 unspecified atom stereocenters. The van der Waals surface area contributed by atoms with Gasteiger partial charge in [0.15, 0.2) is 5.78 Å². The number of Topliss-reactive ketones (excluding diaryl/α,β-unsaturated/α-hetero) is 1. The third-order valence-electron chi connectivity index (χ3n) is 2.17. The molecule has 0 saturated carbocycles.